The lowest BCUT2D eigenvalue weighted by atomic mass is 10.2. The Morgan fingerprint density at radius 1 is 1.15 bits per heavy atom. The summed E-state index contributed by atoms with van der Waals surface area (Å²) < 4.78 is 6.22. The summed E-state index contributed by atoms with van der Waals surface area (Å²) in [5.41, 5.74) is 6.18. The molecule has 13 heavy (non-hydrogen) atoms. The van der Waals surface area contributed by atoms with Crippen LogP contribution in [0.15, 0.2) is 28.7 Å². The predicted octanol–water partition coefficient (Wildman–Crippen LogP) is 1.92. The van der Waals surface area contributed by atoms with E-state index in [1.165, 1.54) is 0 Å². The molecule has 1 aromatic heterocycles. The van der Waals surface area contributed by atoms with Gasteiger partial charge in [0.2, 0.25) is 5.89 Å². The number of anilines is 1. The Morgan fingerprint density at radius 3 is 2.38 bits per heavy atom. The second-order valence-electron chi connectivity index (χ2n) is 2.45. The van der Waals surface area contributed by atoms with Gasteiger partial charge in [0.05, 0.1) is 0 Å². The minimum Gasteiger partial charge on any atom is -0.404 e. The number of hydrogen-bond acceptors (Lipinski definition) is 4. The molecule has 0 fully saturated rings. The molecule has 0 spiro atoms. The van der Waals surface area contributed by atoms with Crippen molar-refractivity contribution in [2.45, 2.75) is 0 Å². The second-order valence-corrected chi connectivity index (χ2v) is 3.70. The zero-order valence-corrected chi connectivity index (χ0v) is 8.72. The molecule has 1 heterocycles. The van der Waals surface area contributed by atoms with Gasteiger partial charge in [-0.25, -0.2) is 0 Å². The van der Waals surface area contributed by atoms with Crippen molar-refractivity contribution in [2.24, 2.45) is 0 Å². The maximum atomic E-state index is 5.30. The first-order valence-electron chi connectivity index (χ1n) is 3.60. The van der Waals surface area contributed by atoms with E-state index >= 15 is 0 Å². The van der Waals surface area contributed by atoms with Gasteiger partial charge in [-0.15, -0.1) is 5.10 Å². The number of nitrogens with zero attached hydrogens (tertiary/aromatic N) is 2. The van der Waals surface area contributed by atoms with Crippen molar-refractivity contribution in [3.05, 3.63) is 27.8 Å². The SMILES string of the molecule is Nc1nnc(-c2ccc(I)cc2)o1. The van der Waals surface area contributed by atoms with Gasteiger partial charge < -0.3 is 10.2 Å². The first-order chi connectivity index (χ1) is 6.25. The highest BCUT2D eigenvalue weighted by Gasteiger charge is 2.04. The van der Waals surface area contributed by atoms with Crippen molar-refractivity contribution in [1.29, 1.82) is 0 Å². The molecule has 4 nitrogen and oxygen atoms in total. The number of benzene rings is 1. The molecule has 1 aromatic carbocycles. The van der Waals surface area contributed by atoms with Crippen LogP contribution in [-0.2, 0) is 0 Å². The van der Waals surface area contributed by atoms with E-state index in [1.807, 2.05) is 24.3 Å². The van der Waals surface area contributed by atoms with Crippen molar-refractivity contribution < 1.29 is 4.42 Å². The van der Waals surface area contributed by atoms with Gasteiger partial charge in [-0.1, -0.05) is 5.10 Å². The van der Waals surface area contributed by atoms with Crippen LogP contribution in [-0.4, -0.2) is 10.2 Å². The fourth-order valence-electron chi connectivity index (χ4n) is 0.944. The molecule has 0 aliphatic carbocycles. The van der Waals surface area contributed by atoms with Crippen molar-refractivity contribution in [3.8, 4) is 11.5 Å². The highest BCUT2D eigenvalue weighted by molar-refractivity contribution is 14.1. The third-order valence-corrected chi connectivity index (χ3v) is 2.25. The fourth-order valence-corrected chi connectivity index (χ4v) is 1.30. The Bertz CT molecular complexity index is 410. The summed E-state index contributed by atoms with van der Waals surface area (Å²) in [7, 11) is 0. The molecule has 0 saturated carbocycles. The Labute approximate surface area is 88.3 Å². The van der Waals surface area contributed by atoms with Gasteiger partial charge in [-0.3, -0.25) is 0 Å². The zero-order chi connectivity index (χ0) is 9.26. The molecule has 0 aliphatic heterocycles. The fraction of sp³-hybridized carbons (Fsp3) is 0. The third kappa shape index (κ3) is 1.80. The van der Waals surface area contributed by atoms with Gasteiger partial charge in [-0.2, -0.15) is 0 Å². The summed E-state index contributed by atoms with van der Waals surface area (Å²) in [5.74, 6) is 0.453. The Balaban J connectivity index is 2.41. The quantitative estimate of drug-likeness (QED) is 0.814. The molecular weight excluding hydrogens is 281 g/mol. The van der Waals surface area contributed by atoms with Gasteiger partial charge in [0, 0.05) is 9.13 Å². The average Bonchev–Trinajstić information content (AvgIpc) is 2.53. The number of halogens is 1. The van der Waals surface area contributed by atoms with Gasteiger partial charge >= 0.3 is 6.01 Å². The highest BCUT2D eigenvalue weighted by Crippen LogP contribution is 2.19. The van der Waals surface area contributed by atoms with E-state index in [2.05, 4.69) is 32.8 Å². The molecule has 2 N–H and O–H groups in total. The Kier molecular flexibility index (Phi) is 2.17. The lowest BCUT2D eigenvalue weighted by Crippen LogP contribution is -1.81. The smallest absolute Gasteiger partial charge is 0.313 e. The molecule has 0 bridgehead atoms. The molecule has 0 saturated heterocycles. The molecule has 0 unspecified atom stereocenters. The van der Waals surface area contributed by atoms with E-state index < -0.39 is 0 Å². The van der Waals surface area contributed by atoms with Crippen LogP contribution in [0.1, 0.15) is 0 Å². The van der Waals surface area contributed by atoms with E-state index in [4.69, 9.17) is 10.2 Å². The van der Waals surface area contributed by atoms with Gasteiger partial charge in [0.15, 0.2) is 0 Å². The van der Waals surface area contributed by atoms with Crippen molar-refractivity contribution >= 4 is 28.6 Å². The maximum Gasteiger partial charge on any atom is 0.313 e. The lowest BCUT2D eigenvalue weighted by Gasteiger charge is -1.93. The monoisotopic (exact) mass is 287 g/mol. The van der Waals surface area contributed by atoms with Crippen LogP contribution in [0.4, 0.5) is 6.01 Å². The summed E-state index contributed by atoms with van der Waals surface area (Å²) in [6.07, 6.45) is 0. The van der Waals surface area contributed by atoms with Gasteiger partial charge in [0.1, 0.15) is 0 Å². The van der Waals surface area contributed by atoms with Crippen LogP contribution >= 0.6 is 22.6 Å². The Morgan fingerprint density at radius 2 is 1.85 bits per heavy atom. The number of aromatic nitrogens is 2. The predicted molar refractivity (Wildman–Crippen MR) is 56.9 cm³/mol. The summed E-state index contributed by atoms with van der Waals surface area (Å²) in [5, 5.41) is 7.35. The molecule has 66 valence electrons. The van der Waals surface area contributed by atoms with Crippen molar-refractivity contribution in [2.75, 3.05) is 5.73 Å². The molecule has 2 rings (SSSR count). The first-order valence-corrected chi connectivity index (χ1v) is 4.68. The Hall–Kier alpha value is -1.11. The van der Waals surface area contributed by atoms with E-state index in [0.717, 1.165) is 9.13 Å². The molecule has 2 aromatic rings. The normalized spacial score (nSPS) is 10.2. The summed E-state index contributed by atoms with van der Waals surface area (Å²) in [4.78, 5) is 0. The number of nitrogen functional groups attached to an aromatic ring is 1. The van der Waals surface area contributed by atoms with Crippen molar-refractivity contribution in [3.63, 3.8) is 0 Å². The summed E-state index contributed by atoms with van der Waals surface area (Å²) in [6, 6.07) is 7.85. The zero-order valence-electron chi connectivity index (χ0n) is 6.57. The van der Waals surface area contributed by atoms with E-state index in [0.29, 0.717) is 5.89 Å². The topological polar surface area (TPSA) is 64.9 Å². The summed E-state index contributed by atoms with van der Waals surface area (Å²) >= 11 is 2.23. The maximum absolute atomic E-state index is 5.30. The molecule has 5 heteroatoms. The van der Waals surface area contributed by atoms with E-state index in [-0.39, 0.29) is 6.01 Å². The standard InChI is InChI=1S/C8H6IN3O/c9-6-3-1-5(2-4-6)7-11-12-8(10)13-7/h1-4H,(H2,10,12). The summed E-state index contributed by atoms with van der Waals surface area (Å²) in [6.45, 7) is 0. The number of hydrogen-bond donors (Lipinski definition) is 1. The van der Waals surface area contributed by atoms with E-state index in [1.54, 1.807) is 0 Å². The number of rotatable bonds is 1. The minimum absolute atomic E-state index is 0.0913. The van der Waals surface area contributed by atoms with Gasteiger partial charge in [0.25, 0.3) is 0 Å². The average molecular weight is 287 g/mol. The van der Waals surface area contributed by atoms with Gasteiger partial charge in [-0.05, 0) is 46.9 Å². The molecule has 0 radical (unpaired) electrons. The number of nitrogens with two attached hydrogens (primary N) is 1. The van der Waals surface area contributed by atoms with Crippen LogP contribution in [0.2, 0.25) is 0 Å². The van der Waals surface area contributed by atoms with Crippen LogP contribution in [0, 0.1) is 3.57 Å². The third-order valence-electron chi connectivity index (χ3n) is 1.53. The van der Waals surface area contributed by atoms with Crippen LogP contribution in [0.3, 0.4) is 0 Å². The van der Waals surface area contributed by atoms with E-state index in [9.17, 15) is 0 Å². The molecular formula is C8H6IN3O. The first kappa shape index (κ1) is 8.49. The lowest BCUT2D eigenvalue weighted by molar-refractivity contribution is 0.590. The second kappa shape index (κ2) is 3.33. The minimum atomic E-state index is 0.0913. The highest BCUT2D eigenvalue weighted by atomic mass is 127. The molecule has 0 amide bonds. The van der Waals surface area contributed by atoms with Crippen LogP contribution < -0.4 is 5.73 Å². The van der Waals surface area contributed by atoms with Crippen LogP contribution in [0.5, 0.6) is 0 Å². The molecule has 0 atom stereocenters. The largest absolute Gasteiger partial charge is 0.404 e. The molecule has 0 aliphatic rings. The van der Waals surface area contributed by atoms with Crippen LogP contribution in [0.25, 0.3) is 11.5 Å². The van der Waals surface area contributed by atoms with Crippen molar-refractivity contribution in [1.82, 2.24) is 10.2 Å².